The summed E-state index contributed by atoms with van der Waals surface area (Å²) in [5.74, 6) is 0.952. The molecule has 0 saturated heterocycles. The molecule has 0 N–H and O–H groups in total. The Balaban J connectivity index is 3.66. The first-order valence-corrected chi connectivity index (χ1v) is 8.65. The van der Waals surface area contributed by atoms with E-state index < -0.39 is 0 Å². The Labute approximate surface area is 121 Å². The number of hydrogen-bond donors (Lipinski definition) is 0. The van der Waals surface area contributed by atoms with E-state index >= 15 is 0 Å². The van der Waals surface area contributed by atoms with E-state index in [1.54, 1.807) is 11.8 Å². The van der Waals surface area contributed by atoms with Gasteiger partial charge in [0.15, 0.2) is 0 Å². The van der Waals surface area contributed by atoms with Crippen molar-refractivity contribution in [3.05, 3.63) is 0 Å². The smallest absolute Gasteiger partial charge is 0.319 e. The highest BCUT2D eigenvalue weighted by atomic mass is 32.2. The molecule has 0 aromatic rings. The zero-order chi connectivity index (χ0) is 14.3. The normalized spacial score (nSPS) is 12.4. The molecule has 0 fully saturated rings. The number of alkyl halides is 1. The molecule has 0 spiro atoms. The summed E-state index contributed by atoms with van der Waals surface area (Å²) in [7, 11) is 0. The second-order valence-corrected chi connectivity index (χ2v) is 6.08. The third kappa shape index (κ3) is 11.3. The predicted octanol–water partition coefficient (Wildman–Crippen LogP) is 4.76. The Morgan fingerprint density at radius 1 is 1.11 bits per heavy atom. The van der Waals surface area contributed by atoms with Crippen LogP contribution in [-0.4, -0.2) is 30.3 Å². The van der Waals surface area contributed by atoms with Crippen molar-refractivity contribution in [1.82, 2.24) is 0 Å². The van der Waals surface area contributed by atoms with E-state index in [0.717, 1.165) is 50.7 Å². The van der Waals surface area contributed by atoms with Crippen molar-refractivity contribution >= 4 is 17.7 Å². The lowest BCUT2D eigenvalue weighted by atomic mass is 10.2. The maximum Gasteiger partial charge on any atom is 0.319 e. The second-order valence-electron chi connectivity index (χ2n) is 4.77. The van der Waals surface area contributed by atoms with Gasteiger partial charge in [-0.1, -0.05) is 39.5 Å². The maximum atomic E-state index is 11.9. The number of hydrogen-bond acceptors (Lipinski definition) is 3. The molecule has 114 valence electrons. The number of thioether (sulfide) groups is 1. The molecule has 0 amide bonds. The van der Waals surface area contributed by atoms with Crippen LogP contribution < -0.4 is 0 Å². The van der Waals surface area contributed by atoms with Gasteiger partial charge in [0.05, 0.1) is 13.3 Å². The number of ether oxygens (including phenoxy) is 1. The minimum absolute atomic E-state index is 0.00221. The van der Waals surface area contributed by atoms with Gasteiger partial charge in [-0.2, -0.15) is 0 Å². The van der Waals surface area contributed by atoms with Crippen molar-refractivity contribution < 1.29 is 13.9 Å². The third-order valence-electron chi connectivity index (χ3n) is 2.86. The zero-order valence-corrected chi connectivity index (χ0v) is 13.3. The van der Waals surface area contributed by atoms with Crippen LogP contribution >= 0.6 is 11.8 Å². The fourth-order valence-corrected chi connectivity index (χ4v) is 3.04. The SMILES string of the molecule is CCCOC(=O)C(CCC)SCCCCCCCF. The Bertz CT molecular complexity index is 212. The molecule has 19 heavy (non-hydrogen) atoms. The summed E-state index contributed by atoms with van der Waals surface area (Å²) >= 11 is 1.72. The van der Waals surface area contributed by atoms with E-state index in [4.69, 9.17) is 4.74 Å². The third-order valence-corrected chi connectivity index (χ3v) is 4.21. The van der Waals surface area contributed by atoms with Gasteiger partial charge in [0.1, 0.15) is 5.25 Å². The van der Waals surface area contributed by atoms with Crippen LogP contribution in [0.15, 0.2) is 0 Å². The summed E-state index contributed by atoms with van der Waals surface area (Å²) < 4.78 is 17.1. The van der Waals surface area contributed by atoms with Gasteiger partial charge in [0.25, 0.3) is 0 Å². The van der Waals surface area contributed by atoms with Gasteiger partial charge in [0.2, 0.25) is 0 Å². The van der Waals surface area contributed by atoms with Crippen LogP contribution in [0.3, 0.4) is 0 Å². The average molecular weight is 292 g/mol. The molecule has 0 aliphatic carbocycles. The first-order valence-electron chi connectivity index (χ1n) is 7.60. The number of carbonyl (C=O) groups excluding carboxylic acids is 1. The monoisotopic (exact) mass is 292 g/mol. The van der Waals surface area contributed by atoms with Crippen LogP contribution in [0.4, 0.5) is 4.39 Å². The minimum Gasteiger partial charge on any atom is -0.465 e. The molecule has 0 heterocycles. The summed E-state index contributed by atoms with van der Waals surface area (Å²) in [6.07, 6.45) is 7.80. The molecular formula is C15H29FO2S. The number of halogens is 1. The van der Waals surface area contributed by atoms with Crippen molar-refractivity contribution in [2.45, 2.75) is 70.5 Å². The van der Waals surface area contributed by atoms with Crippen molar-refractivity contribution in [1.29, 1.82) is 0 Å². The Kier molecular flexibility index (Phi) is 14.0. The van der Waals surface area contributed by atoms with E-state index in [1.165, 1.54) is 0 Å². The van der Waals surface area contributed by atoms with Crippen LogP contribution in [0.2, 0.25) is 0 Å². The Hall–Kier alpha value is -0.250. The summed E-state index contributed by atoms with van der Waals surface area (Å²) in [6, 6.07) is 0. The van der Waals surface area contributed by atoms with E-state index in [-0.39, 0.29) is 17.9 Å². The summed E-state index contributed by atoms with van der Waals surface area (Å²) in [6.45, 7) is 4.43. The van der Waals surface area contributed by atoms with Crippen LogP contribution in [0.5, 0.6) is 0 Å². The van der Waals surface area contributed by atoms with Crippen molar-refractivity contribution in [2.24, 2.45) is 0 Å². The standard InChI is InChI=1S/C15H29FO2S/c1-3-10-14(15(17)18-12-4-2)19-13-9-7-5-6-8-11-16/h14H,3-13H2,1-2H3. The van der Waals surface area contributed by atoms with E-state index in [2.05, 4.69) is 6.92 Å². The Morgan fingerprint density at radius 2 is 1.79 bits per heavy atom. The molecule has 1 atom stereocenters. The fourth-order valence-electron chi connectivity index (χ4n) is 1.78. The lowest BCUT2D eigenvalue weighted by Gasteiger charge is -2.14. The van der Waals surface area contributed by atoms with Gasteiger partial charge in [-0.3, -0.25) is 9.18 Å². The summed E-state index contributed by atoms with van der Waals surface area (Å²) in [5.41, 5.74) is 0. The van der Waals surface area contributed by atoms with Crippen molar-refractivity contribution in [3.8, 4) is 0 Å². The van der Waals surface area contributed by atoms with Gasteiger partial charge >= 0.3 is 5.97 Å². The van der Waals surface area contributed by atoms with Crippen LogP contribution in [-0.2, 0) is 9.53 Å². The molecule has 0 saturated carbocycles. The first-order chi connectivity index (χ1) is 9.26. The number of unbranched alkanes of at least 4 members (excludes halogenated alkanes) is 4. The molecule has 1 unspecified atom stereocenters. The quantitative estimate of drug-likeness (QED) is 0.361. The van der Waals surface area contributed by atoms with E-state index in [0.29, 0.717) is 13.0 Å². The molecule has 0 aromatic heterocycles. The molecule has 0 aliphatic heterocycles. The van der Waals surface area contributed by atoms with Crippen LogP contribution in [0.1, 0.15) is 65.2 Å². The van der Waals surface area contributed by atoms with E-state index in [9.17, 15) is 9.18 Å². The molecule has 4 heteroatoms. The highest BCUT2D eigenvalue weighted by Crippen LogP contribution is 2.20. The lowest BCUT2D eigenvalue weighted by molar-refractivity contribution is -0.143. The zero-order valence-electron chi connectivity index (χ0n) is 12.5. The topological polar surface area (TPSA) is 26.3 Å². The second kappa shape index (κ2) is 14.2. The largest absolute Gasteiger partial charge is 0.465 e. The molecule has 0 radical (unpaired) electrons. The summed E-state index contributed by atoms with van der Waals surface area (Å²) in [4.78, 5) is 11.8. The number of carbonyl (C=O) groups is 1. The van der Waals surface area contributed by atoms with Gasteiger partial charge < -0.3 is 4.74 Å². The Morgan fingerprint density at radius 3 is 2.42 bits per heavy atom. The minimum atomic E-state index is -0.198. The van der Waals surface area contributed by atoms with Gasteiger partial charge in [0, 0.05) is 0 Å². The van der Waals surface area contributed by atoms with Gasteiger partial charge in [-0.05, 0) is 31.4 Å². The molecule has 0 rings (SSSR count). The molecular weight excluding hydrogens is 263 g/mol. The van der Waals surface area contributed by atoms with Crippen LogP contribution in [0, 0.1) is 0 Å². The summed E-state index contributed by atoms with van der Waals surface area (Å²) in [5, 5.41) is 0.00221. The average Bonchev–Trinajstić information content (AvgIpc) is 2.42. The predicted molar refractivity (Wildman–Crippen MR) is 81.5 cm³/mol. The lowest BCUT2D eigenvalue weighted by Crippen LogP contribution is -2.21. The van der Waals surface area contributed by atoms with Crippen molar-refractivity contribution in [2.75, 3.05) is 19.0 Å². The first kappa shape index (κ1) is 18.8. The highest BCUT2D eigenvalue weighted by Gasteiger charge is 2.18. The molecule has 0 bridgehead atoms. The highest BCUT2D eigenvalue weighted by molar-refractivity contribution is 8.00. The fraction of sp³-hybridized carbons (Fsp3) is 0.933. The number of esters is 1. The molecule has 0 aliphatic rings. The molecule has 2 nitrogen and oxygen atoms in total. The number of rotatable bonds is 13. The molecule has 0 aromatic carbocycles. The van der Waals surface area contributed by atoms with E-state index in [1.807, 2.05) is 6.92 Å². The van der Waals surface area contributed by atoms with Gasteiger partial charge in [-0.15, -0.1) is 11.8 Å². The van der Waals surface area contributed by atoms with Crippen LogP contribution in [0.25, 0.3) is 0 Å². The van der Waals surface area contributed by atoms with Crippen molar-refractivity contribution in [3.63, 3.8) is 0 Å². The maximum absolute atomic E-state index is 11.9. The van der Waals surface area contributed by atoms with Gasteiger partial charge in [-0.25, -0.2) is 0 Å².